The molecule has 0 radical (unpaired) electrons. The van der Waals surface area contributed by atoms with E-state index in [0.29, 0.717) is 12.5 Å². The lowest BCUT2D eigenvalue weighted by Crippen LogP contribution is -2.09. The summed E-state index contributed by atoms with van der Waals surface area (Å²) in [7, 11) is 0. The lowest BCUT2D eigenvalue weighted by atomic mass is 10.0. The molecule has 0 fully saturated rings. The first kappa shape index (κ1) is 21.2. The van der Waals surface area contributed by atoms with E-state index in [4.69, 9.17) is 9.72 Å². The fourth-order valence-corrected chi connectivity index (χ4v) is 4.14. The van der Waals surface area contributed by atoms with Crippen molar-refractivity contribution in [3.8, 4) is 5.75 Å². The maximum Gasteiger partial charge on any atom is 0.123 e. The molecule has 0 amide bonds. The van der Waals surface area contributed by atoms with Crippen LogP contribution in [0.1, 0.15) is 54.3 Å². The average Bonchev–Trinajstić information content (AvgIpc) is 3.10. The minimum atomic E-state index is 0.453. The molecular formula is C28H32N2O. The zero-order chi connectivity index (χ0) is 21.8. The van der Waals surface area contributed by atoms with E-state index in [9.17, 15) is 0 Å². The third-order valence-electron chi connectivity index (χ3n) is 5.92. The number of hydrogen-bond acceptors (Lipinski definition) is 2. The first-order chi connectivity index (χ1) is 15.0. The maximum atomic E-state index is 6.23. The van der Waals surface area contributed by atoms with Crippen LogP contribution in [0.25, 0.3) is 11.0 Å². The van der Waals surface area contributed by atoms with Crippen LogP contribution in [-0.4, -0.2) is 16.2 Å². The minimum absolute atomic E-state index is 0.453. The molecule has 3 heteroatoms. The van der Waals surface area contributed by atoms with E-state index in [1.807, 2.05) is 0 Å². The van der Waals surface area contributed by atoms with E-state index >= 15 is 0 Å². The summed E-state index contributed by atoms with van der Waals surface area (Å²) >= 11 is 0. The van der Waals surface area contributed by atoms with Crippen molar-refractivity contribution >= 4 is 11.0 Å². The number of nitrogens with zero attached hydrogens (tertiary/aromatic N) is 2. The van der Waals surface area contributed by atoms with Gasteiger partial charge in [0, 0.05) is 13.0 Å². The van der Waals surface area contributed by atoms with E-state index in [1.54, 1.807) is 0 Å². The number of ether oxygens (including phenoxy) is 1. The lowest BCUT2D eigenvalue weighted by molar-refractivity contribution is 0.298. The molecule has 0 aliphatic heterocycles. The van der Waals surface area contributed by atoms with Crippen LogP contribution < -0.4 is 4.74 Å². The molecule has 0 aliphatic rings. The number of para-hydroxylation sites is 2. The number of benzene rings is 3. The van der Waals surface area contributed by atoms with Crippen LogP contribution in [0.15, 0.2) is 66.7 Å². The molecule has 0 aliphatic carbocycles. The number of aryl methyl sites for hydroxylation is 3. The monoisotopic (exact) mass is 412 g/mol. The van der Waals surface area contributed by atoms with Crippen LogP contribution in [0.2, 0.25) is 0 Å². The number of imidazole rings is 1. The molecule has 0 bridgehead atoms. The summed E-state index contributed by atoms with van der Waals surface area (Å²) in [6.45, 7) is 10.3. The van der Waals surface area contributed by atoms with Crippen molar-refractivity contribution in [2.45, 2.75) is 53.0 Å². The van der Waals surface area contributed by atoms with Crippen LogP contribution in [0.4, 0.5) is 0 Å². The maximum absolute atomic E-state index is 6.23. The Morgan fingerprint density at radius 2 is 1.71 bits per heavy atom. The highest BCUT2D eigenvalue weighted by Gasteiger charge is 2.13. The number of hydrogen-bond donors (Lipinski definition) is 0. The Kier molecular flexibility index (Phi) is 6.41. The van der Waals surface area contributed by atoms with Crippen LogP contribution >= 0.6 is 0 Å². The predicted molar refractivity (Wildman–Crippen MR) is 129 cm³/mol. The van der Waals surface area contributed by atoms with Gasteiger partial charge < -0.3 is 9.30 Å². The molecule has 0 N–H and O–H groups in total. The van der Waals surface area contributed by atoms with Crippen molar-refractivity contribution in [2.24, 2.45) is 0 Å². The number of aromatic nitrogens is 2. The Morgan fingerprint density at radius 1 is 0.935 bits per heavy atom. The highest BCUT2D eigenvalue weighted by molar-refractivity contribution is 5.76. The van der Waals surface area contributed by atoms with Crippen molar-refractivity contribution in [1.29, 1.82) is 0 Å². The zero-order valence-corrected chi connectivity index (χ0v) is 19.1. The molecule has 0 saturated carbocycles. The van der Waals surface area contributed by atoms with Gasteiger partial charge in [-0.3, -0.25) is 0 Å². The van der Waals surface area contributed by atoms with E-state index in [1.165, 1.54) is 27.8 Å². The standard InChI is InChI=1S/C28H32N2O/c1-20(2)24-15-14-21(3)18-27(24)31-17-9-16-30-26-13-8-7-12-25(26)29-28(30)19-23-11-6-5-10-22(23)4/h5-8,10-15,18,20H,9,16-17,19H2,1-4H3. The lowest BCUT2D eigenvalue weighted by Gasteiger charge is -2.16. The number of rotatable bonds is 8. The minimum Gasteiger partial charge on any atom is -0.493 e. The Bertz CT molecular complexity index is 1170. The molecule has 3 aromatic carbocycles. The first-order valence-corrected chi connectivity index (χ1v) is 11.2. The summed E-state index contributed by atoms with van der Waals surface area (Å²) < 4.78 is 8.60. The van der Waals surface area contributed by atoms with Crippen LogP contribution in [0.5, 0.6) is 5.75 Å². The molecule has 4 rings (SSSR count). The molecule has 1 aromatic heterocycles. The summed E-state index contributed by atoms with van der Waals surface area (Å²) in [5.41, 5.74) is 7.42. The second kappa shape index (κ2) is 9.38. The van der Waals surface area contributed by atoms with E-state index in [0.717, 1.165) is 36.5 Å². The predicted octanol–water partition coefficient (Wildman–Crippen LogP) is 6.84. The van der Waals surface area contributed by atoms with Gasteiger partial charge in [-0.15, -0.1) is 0 Å². The Balaban J connectivity index is 1.51. The molecule has 0 saturated heterocycles. The molecule has 160 valence electrons. The van der Waals surface area contributed by atoms with Gasteiger partial charge in [-0.1, -0.05) is 62.4 Å². The van der Waals surface area contributed by atoms with Crippen molar-refractivity contribution in [2.75, 3.05) is 6.61 Å². The summed E-state index contributed by atoms with van der Waals surface area (Å²) in [6, 6.07) is 23.5. The third-order valence-corrected chi connectivity index (χ3v) is 5.92. The second-order valence-electron chi connectivity index (χ2n) is 8.67. The van der Waals surface area contributed by atoms with Gasteiger partial charge in [0.2, 0.25) is 0 Å². The van der Waals surface area contributed by atoms with Gasteiger partial charge in [0.1, 0.15) is 11.6 Å². The van der Waals surface area contributed by atoms with E-state index in [2.05, 4.69) is 99.0 Å². The van der Waals surface area contributed by atoms with Crippen molar-refractivity contribution in [1.82, 2.24) is 9.55 Å². The van der Waals surface area contributed by atoms with Crippen LogP contribution in [0, 0.1) is 13.8 Å². The van der Waals surface area contributed by atoms with Crippen LogP contribution in [0.3, 0.4) is 0 Å². The van der Waals surface area contributed by atoms with Crippen molar-refractivity contribution in [3.63, 3.8) is 0 Å². The zero-order valence-electron chi connectivity index (χ0n) is 19.1. The molecule has 3 nitrogen and oxygen atoms in total. The summed E-state index contributed by atoms with van der Waals surface area (Å²) in [5, 5.41) is 0. The third kappa shape index (κ3) is 4.82. The summed E-state index contributed by atoms with van der Waals surface area (Å²) in [4.78, 5) is 4.96. The van der Waals surface area contributed by atoms with Crippen LogP contribution in [-0.2, 0) is 13.0 Å². The SMILES string of the molecule is Cc1ccc(C(C)C)c(OCCCn2c(Cc3ccccc3C)nc3ccccc32)c1. The molecule has 31 heavy (non-hydrogen) atoms. The highest BCUT2D eigenvalue weighted by atomic mass is 16.5. The van der Waals surface area contributed by atoms with E-state index < -0.39 is 0 Å². The molecule has 4 aromatic rings. The number of fused-ring (bicyclic) bond motifs is 1. The van der Waals surface area contributed by atoms with E-state index in [-0.39, 0.29) is 0 Å². The van der Waals surface area contributed by atoms with Gasteiger partial charge in [0.25, 0.3) is 0 Å². The molecular weight excluding hydrogens is 380 g/mol. The quantitative estimate of drug-likeness (QED) is 0.296. The normalized spacial score (nSPS) is 11.4. The summed E-state index contributed by atoms with van der Waals surface area (Å²) in [5.74, 6) is 2.59. The second-order valence-corrected chi connectivity index (χ2v) is 8.67. The Hall–Kier alpha value is -3.07. The Labute approximate surface area is 185 Å². The van der Waals surface area contributed by atoms with Gasteiger partial charge >= 0.3 is 0 Å². The fraction of sp³-hybridized carbons (Fsp3) is 0.321. The van der Waals surface area contributed by atoms with Gasteiger partial charge in [-0.05, 0) is 66.6 Å². The molecule has 0 unspecified atom stereocenters. The average molecular weight is 413 g/mol. The first-order valence-electron chi connectivity index (χ1n) is 11.2. The smallest absolute Gasteiger partial charge is 0.123 e. The molecule has 0 spiro atoms. The topological polar surface area (TPSA) is 27.1 Å². The van der Waals surface area contributed by atoms with Gasteiger partial charge in [-0.25, -0.2) is 4.98 Å². The largest absolute Gasteiger partial charge is 0.493 e. The van der Waals surface area contributed by atoms with Crippen molar-refractivity contribution < 1.29 is 4.74 Å². The Morgan fingerprint density at radius 3 is 2.52 bits per heavy atom. The highest BCUT2D eigenvalue weighted by Crippen LogP contribution is 2.28. The van der Waals surface area contributed by atoms with Gasteiger partial charge in [-0.2, -0.15) is 0 Å². The van der Waals surface area contributed by atoms with Gasteiger partial charge in [0.05, 0.1) is 17.6 Å². The molecule has 0 atom stereocenters. The summed E-state index contributed by atoms with van der Waals surface area (Å²) in [6.07, 6.45) is 1.78. The van der Waals surface area contributed by atoms with Crippen molar-refractivity contribution in [3.05, 3.63) is 94.8 Å². The molecule has 1 heterocycles. The fourth-order valence-electron chi connectivity index (χ4n) is 4.14. The van der Waals surface area contributed by atoms with Gasteiger partial charge in [0.15, 0.2) is 0 Å².